The van der Waals surface area contributed by atoms with Gasteiger partial charge in [0.1, 0.15) is 11.2 Å². The van der Waals surface area contributed by atoms with Crippen molar-refractivity contribution < 1.29 is 13.6 Å². The van der Waals surface area contributed by atoms with Crippen LogP contribution in [-0.4, -0.2) is 47.5 Å². The Morgan fingerprint density at radius 1 is 1.12 bits per heavy atom. The normalized spacial score (nSPS) is 15.8. The molecule has 0 unspecified atom stereocenters. The van der Waals surface area contributed by atoms with Gasteiger partial charge in [0.2, 0.25) is 5.89 Å². The van der Waals surface area contributed by atoms with Gasteiger partial charge in [-0.05, 0) is 30.7 Å². The summed E-state index contributed by atoms with van der Waals surface area (Å²) < 4.78 is 11.8. The number of fused-ring (bicyclic) bond motifs is 2. The van der Waals surface area contributed by atoms with Crippen LogP contribution in [0.15, 0.2) is 57.8 Å². The van der Waals surface area contributed by atoms with Crippen molar-refractivity contribution in [2.24, 2.45) is 0 Å². The lowest BCUT2D eigenvalue weighted by Gasteiger charge is -2.31. The maximum atomic E-state index is 13.4. The fourth-order valence-corrected chi connectivity index (χ4v) is 3.99. The summed E-state index contributed by atoms with van der Waals surface area (Å²) in [4.78, 5) is 31.5. The highest BCUT2D eigenvalue weighted by Crippen LogP contribution is 2.36. The van der Waals surface area contributed by atoms with Crippen molar-refractivity contribution in [3.05, 3.63) is 77.7 Å². The molecule has 0 saturated heterocycles. The first-order valence-corrected chi connectivity index (χ1v) is 10.1. The van der Waals surface area contributed by atoms with E-state index in [0.29, 0.717) is 35.8 Å². The van der Waals surface area contributed by atoms with E-state index in [0.717, 1.165) is 16.8 Å². The number of pyridine rings is 1. The van der Waals surface area contributed by atoms with Crippen molar-refractivity contribution in [3.8, 4) is 11.6 Å². The van der Waals surface area contributed by atoms with Gasteiger partial charge in [-0.25, -0.2) is 9.97 Å². The van der Waals surface area contributed by atoms with E-state index in [-0.39, 0.29) is 11.8 Å². The summed E-state index contributed by atoms with van der Waals surface area (Å²) in [6.45, 7) is 2.37. The number of aromatic nitrogens is 6. The number of amides is 1. The van der Waals surface area contributed by atoms with E-state index in [4.69, 9.17) is 8.83 Å². The number of nitrogens with one attached hydrogen (secondary N) is 1. The minimum Gasteiger partial charge on any atom is -0.438 e. The average molecular weight is 427 g/mol. The number of H-pyrrole nitrogens is 1. The zero-order valence-electron chi connectivity index (χ0n) is 17.0. The molecule has 1 amide bonds. The van der Waals surface area contributed by atoms with Crippen molar-refractivity contribution in [1.29, 1.82) is 0 Å². The molecule has 0 aliphatic carbocycles. The van der Waals surface area contributed by atoms with Gasteiger partial charge >= 0.3 is 11.8 Å². The van der Waals surface area contributed by atoms with Gasteiger partial charge in [0.05, 0.1) is 12.0 Å². The Balaban J connectivity index is 1.41. The van der Waals surface area contributed by atoms with Gasteiger partial charge in [-0.3, -0.25) is 9.78 Å². The molecular weight excluding hydrogens is 410 g/mol. The van der Waals surface area contributed by atoms with Crippen LogP contribution in [0, 0.1) is 6.92 Å². The summed E-state index contributed by atoms with van der Waals surface area (Å²) in [6, 6.07) is 10.5. The number of imidazole rings is 1. The van der Waals surface area contributed by atoms with Crippen molar-refractivity contribution >= 4 is 17.0 Å². The average Bonchev–Trinajstić information content (AvgIpc) is 3.58. The monoisotopic (exact) mass is 427 g/mol. The number of para-hydroxylation sites is 1. The van der Waals surface area contributed by atoms with Crippen molar-refractivity contribution in [1.82, 2.24) is 35.0 Å². The largest absolute Gasteiger partial charge is 0.438 e. The van der Waals surface area contributed by atoms with Crippen molar-refractivity contribution in [2.75, 3.05) is 6.54 Å². The van der Waals surface area contributed by atoms with E-state index < -0.39 is 11.9 Å². The van der Waals surface area contributed by atoms with E-state index in [9.17, 15) is 4.79 Å². The quantitative estimate of drug-likeness (QED) is 0.465. The smallest absolute Gasteiger partial charge is 0.312 e. The van der Waals surface area contributed by atoms with Crippen LogP contribution in [0.3, 0.4) is 0 Å². The third-order valence-electron chi connectivity index (χ3n) is 5.54. The molecule has 1 aromatic carbocycles. The molecule has 0 fully saturated rings. The number of rotatable bonds is 3. The van der Waals surface area contributed by atoms with Gasteiger partial charge in [-0.15, -0.1) is 10.2 Å². The summed E-state index contributed by atoms with van der Waals surface area (Å²) in [5, 5.41) is 7.96. The van der Waals surface area contributed by atoms with Gasteiger partial charge in [-0.2, -0.15) is 0 Å². The van der Waals surface area contributed by atoms with E-state index in [1.165, 1.54) is 0 Å². The highest BCUT2D eigenvalue weighted by atomic mass is 16.4. The SMILES string of the molecule is Cc1cccc2nc([C@@H]3c4nc[nH]c4CCN3C(=O)c3nnc(-c4ccccn4)o3)oc12. The van der Waals surface area contributed by atoms with Crippen LogP contribution >= 0.6 is 0 Å². The number of nitrogens with zero attached hydrogens (tertiary/aromatic N) is 6. The number of oxazole rings is 1. The van der Waals surface area contributed by atoms with Crippen LogP contribution < -0.4 is 0 Å². The highest BCUT2D eigenvalue weighted by molar-refractivity contribution is 5.90. The number of benzene rings is 1. The van der Waals surface area contributed by atoms with E-state index >= 15 is 0 Å². The first-order chi connectivity index (χ1) is 15.7. The first-order valence-electron chi connectivity index (χ1n) is 10.1. The third kappa shape index (κ3) is 2.88. The van der Waals surface area contributed by atoms with Crippen LogP contribution in [0.4, 0.5) is 0 Å². The van der Waals surface area contributed by atoms with E-state index in [1.807, 2.05) is 31.2 Å². The van der Waals surface area contributed by atoms with Crippen molar-refractivity contribution in [3.63, 3.8) is 0 Å². The number of carbonyl (C=O) groups is 1. The molecule has 0 saturated carbocycles. The molecule has 158 valence electrons. The molecule has 5 heterocycles. The molecular formula is C22H17N7O3. The summed E-state index contributed by atoms with van der Waals surface area (Å²) in [5.74, 6) is 0.0276. The second-order valence-corrected chi connectivity index (χ2v) is 7.52. The number of aromatic amines is 1. The molecule has 10 heteroatoms. The summed E-state index contributed by atoms with van der Waals surface area (Å²) in [7, 11) is 0. The molecule has 0 radical (unpaired) electrons. The second kappa shape index (κ2) is 7.12. The molecule has 10 nitrogen and oxygen atoms in total. The van der Waals surface area contributed by atoms with Gasteiger partial charge in [0, 0.05) is 24.9 Å². The Labute approximate surface area is 181 Å². The van der Waals surface area contributed by atoms with E-state index in [1.54, 1.807) is 29.6 Å². The maximum absolute atomic E-state index is 13.4. The minimum absolute atomic E-state index is 0.123. The maximum Gasteiger partial charge on any atom is 0.312 e. The van der Waals surface area contributed by atoms with Crippen LogP contribution in [0.2, 0.25) is 0 Å². The zero-order valence-corrected chi connectivity index (χ0v) is 17.0. The molecule has 1 aliphatic rings. The lowest BCUT2D eigenvalue weighted by molar-refractivity contribution is 0.0627. The van der Waals surface area contributed by atoms with Crippen molar-refractivity contribution in [2.45, 2.75) is 19.4 Å². The predicted molar refractivity (Wildman–Crippen MR) is 111 cm³/mol. The highest BCUT2D eigenvalue weighted by Gasteiger charge is 2.39. The molecule has 5 aromatic rings. The lowest BCUT2D eigenvalue weighted by atomic mass is 10.0. The number of carbonyl (C=O) groups excluding carboxylic acids is 1. The summed E-state index contributed by atoms with van der Waals surface area (Å²) >= 11 is 0. The molecule has 6 rings (SSSR count). The fourth-order valence-electron chi connectivity index (χ4n) is 3.99. The standard InChI is InChI=1S/C22H17N7O3/c1-12-5-4-7-14-18(12)31-20(26-14)17-16-13(24-11-25-16)8-10-29(17)22(30)21-28-27-19(32-21)15-6-2-3-9-23-15/h2-7,9,11,17H,8,10H2,1H3,(H,24,25)/t17-/m0/s1. The van der Waals surface area contributed by atoms with Gasteiger partial charge < -0.3 is 18.7 Å². The predicted octanol–water partition coefficient (Wildman–Crippen LogP) is 3.09. The molecule has 32 heavy (non-hydrogen) atoms. The molecule has 1 N–H and O–H groups in total. The number of aryl methyl sites for hydroxylation is 1. The van der Waals surface area contributed by atoms with Crippen LogP contribution in [-0.2, 0) is 6.42 Å². The molecule has 1 atom stereocenters. The Bertz CT molecular complexity index is 1440. The zero-order chi connectivity index (χ0) is 21.7. The molecule has 0 spiro atoms. The molecule has 1 aliphatic heterocycles. The van der Waals surface area contributed by atoms with Gasteiger partial charge in [-0.1, -0.05) is 18.2 Å². The third-order valence-corrected chi connectivity index (χ3v) is 5.54. The fraction of sp³-hybridized carbons (Fsp3) is 0.182. The topological polar surface area (TPSA) is 127 Å². The van der Waals surface area contributed by atoms with Crippen LogP contribution in [0.25, 0.3) is 22.7 Å². The Morgan fingerprint density at radius 3 is 2.91 bits per heavy atom. The first kappa shape index (κ1) is 18.4. The van der Waals surface area contributed by atoms with Gasteiger partial charge in [0.15, 0.2) is 11.6 Å². The second-order valence-electron chi connectivity index (χ2n) is 7.52. The number of hydrogen-bond donors (Lipinski definition) is 1. The minimum atomic E-state index is -0.616. The number of hydrogen-bond acceptors (Lipinski definition) is 8. The summed E-state index contributed by atoms with van der Waals surface area (Å²) in [6.07, 6.45) is 3.85. The summed E-state index contributed by atoms with van der Waals surface area (Å²) in [5.41, 5.74) is 4.52. The molecule has 0 bridgehead atoms. The molecule has 4 aromatic heterocycles. The van der Waals surface area contributed by atoms with Gasteiger partial charge in [0.25, 0.3) is 5.89 Å². The Morgan fingerprint density at radius 2 is 2.06 bits per heavy atom. The van der Waals surface area contributed by atoms with Crippen LogP contribution in [0.1, 0.15) is 39.6 Å². The van der Waals surface area contributed by atoms with Crippen LogP contribution in [0.5, 0.6) is 0 Å². The van der Waals surface area contributed by atoms with E-state index in [2.05, 4.69) is 30.1 Å². The Hall–Kier alpha value is -4.34. The lowest BCUT2D eigenvalue weighted by Crippen LogP contribution is -2.41. The Kier molecular flexibility index (Phi) is 4.10.